The van der Waals surface area contributed by atoms with Crippen LogP contribution in [-0.2, 0) is 16.0 Å². The Kier molecular flexibility index (Phi) is 11.3. The molecule has 1 rings (SSSR count). The summed E-state index contributed by atoms with van der Waals surface area (Å²) in [6.07, 6.45) is 4.22. The number of benzene rings is 1. The number of methoxy groups -OCH3 is 1. The van der Waals surface area contributed by atoms with Gasteiger partial charge in [0.05, 0.1) is 13.5 Å². The summed E-state index contributed by atoms with van der Waals surface area (Å²) >= 11 is 0. The Morgan fingerprint density at radius 1 is 1.00 bits per heavy atom. The van der Waals surface area contributed by atoms with Crippen molar-refractivity contribution in [3.8, 4) is 0 Å². The van der Waals surface area contributed by atoms with Crippen molar-refractivity contribution in [3.63, 3.8) is 0 Å². The molecule has 0 heterocycles. The van der Waals surface area contributed by atoms with Crippen LogP contribution in [-0.4, -0.2) is 44.5 Å². The van der Waals surface area contributed by atoms with Gasteiger partial charge in [0.1, 0.15) is 0 Å². The molecular weight excluding hydrogens is 370 g/mol. The van der Waals surface area contributed by atoms with Crippen LogP contribution >= 0.6 is 0 Å². The molecule has 1 aromatic carbocycles. The lowest BCUT2D eigenvalue weighted by Crippen LogP contribution is -2.28. The van der Waals surface area contributed by atoms with Crippen LogP contribution in [0.5, 0.6) is 0 Å². The van der Waals surface area contributed by atoms with Gasteiger partial charge in [-0.1, -0.05) is 25.5 Å². The van der Waals surface area contributed by atoms with E-state index in [0.29, 0.717) is 30.6 Å². The lowest BCUT2D eigenvalue weighted by atomic mass is 10.0. The maximum Gasteiger partial charge on any atom is 0.307 e. The second-order valence-electron chi connectivity index (χ2n) is 6.90. The normalized spacial score (nSPS) is 10.3. The number of carbonyl (C=O) groups is 3. The Morgan fingerprint density at radius 3 is 2.10 bits per heavy atom. The van der Waals surface area contributed by atoms with Crippen LogP contribution in [0.15, 0.2) is 30.4 Å². The third-order valence-corrected chi connectivity index (χ3v) is 4.40. The van der Waals surface area contributed by atoms with Gasteiger partial charge in [-0.2, -0.15) is 0 Å². The minimum absolute atomic E-state index is 0.0874. The first kappa shape index (κ1) is 24.4. The number of carbonyl (C=O) groups excluding carboxylic acids is 3. The van der Waals surface area contributed by atoms with Crippen molar-refractivity contribution in [3.05, 3.63) is 47.0 Å². The molecule has 1 aromatic rings. The highest BCUT2D eigenvalue weighted by atomic mass is 16.5. The molecule has 0 fully saturated rings. The summed E-state index contributed by atoms with van der Waals surface area (Å²) in [4.78, 5) is 36.2. The molecule has 29 heavy (non-hydrogen) atoms. The van der Waals surface area contributed by atoms with Crippen molar-refractivity contribution in [1.82, 2.24) is 10.6 Å². The smallest absolute Gasteiger partial charge is 0.307 e. The Morgan fingerprint density at radius 2 is 1.59 bits per heavy atom. The molecule has 7 heteroatoms. The van der Waals surface area contributed by atoms with Crippen molar-refractivity contribution in [2.75, 3.05) is 26.7 Å². The third-order valence-electron chi connectivity index (χ3n) is 4.40. The van der Waals surface area contributed by atoms with Gasteiger partial charge in [-0.3, -0.25) is 14.4 Å². The minimum atomic E-state index is -0.397. The highest BCUT2D eigenvalue weighted by molar-refractivity contribution is 6.00. The molecular formula is C22H33N3O4. The monoisotopic (exact) mass is 403 g/mol. The number of nitrogens with two attached hydrogens (primary N) is 1. The van der Waals surface area contributed by atoms with Gasteiger partial charge in [0, 0.05) is 24.2 Å². The highest BCUT2D eigenvalue weighted by Crippen LogP contribution is 2.13. The van der Waals surface area contributed by atoms with Gasteiger partial charge >= 0.3 is 5.97 Å². The molecule has 0 radical (unpaired) electrons. The lowest BCUT2D eigenvalue weighted by Gasteiger charge is -2.11. The standard InChI is InChI=1S/C22H33N3O4/c1-4-6-16(2)8-11-24-21(27)18-13-17(7-5-10-23)14-19(15-18)22(28)25-12-9-20(26)29-3/h13-15H,2,4-12,23H2,1,3H3,(H,24,27)(H,25,28). The molecule has 160 valence electrons. The van der Waals surface area contributed by atoms with Gasteiger partial charge < -0.3 is 21.1 Å². The Balaban J connectivity index is 2.83. The molecule has 7 nitrogen and oxygen atoms in total. The quantitative estimate of drug-likeness (QED) is 0.346. The summed E-state index contributed by atoms with van der Waals surface area (Å²) in [5.41, 5.74) is 8.37. The summed E-state index contributed by atoms with van der Waals surface area (Å²) in [7, 11) is 1.30. The molecule has 0 aliphatic rings. The van der Waals surface area contributed by atoms with E-state index in [-0.39, 0.29) is 24.8 Å². The van der Waals surface area contributed by atoms with E-state index in [1.807, 2.05) is 0 Å². The van der Waals surface area contributed by atoms with Crippen LogP contribution in [0.2, 0.25) is 0 Å². The Bertz CT molecular complexity index is 716. The molecule has 0 aromatic heterocycles. The first-order valence-electron chi connectivity index (χ1n) is 10.0. The predicted molar refractivity (Wildman–Crippen MR) is 114 cm³/mol. The maximum absolute atomic E-state index is 12.6. The fraction of sp³-hybridized carbons (Fsp3) is 0.500. The first-order valence-corrected chi connectivity index (χ1v) is 10.0. The van der Waals surface area contributed by atoms with Crippen LogP contribution < -0.4 is 16.4 Å². The zero-order valence-electron chi connectivity index (χ0n) is 17.5. The van der Waals surface area contributed by atoms with Crippen molar-refractivity contribution in [2.45, 2.75) is 45.4 Å². The fourth-order valence-electron chi connectivity index (χ4n) is 2.82. The largest absolute Gasteiger partial charge is 0.469 e. The molecule has 0 aliphatic carbocycles. The number of aryl methyl sites for hydroxylation is 1. The molecule has 4 N–H and O–H groups in total. The van der Waals surface area contributed by atoms with E-state index in [1.165, 1.54) is 7.11 Å². The number of rotatable bonds is 13. The lowest BCUT2D eigenvalue weighted by molar-refractivity contribution is -0.140. The van der Waals surface area contributed by atoms with Crippen LogP contribution in [0.1, 0.15) is 65.3 Å². The van der Waals surface area contributed by atoms with Crippen LogP contribution in [0, 0.1) is 0 Å². The van der Waals surface area contributed by atoms with Crippen LogP contribution in [0.3, 0.4) is 0 Å². The van der Waals surface area contributed by atoms with E-state index in [4.69, 9.17) is 5.73 Å². The second kappa shape index (κ2) is 13.5. The zero-order chi connectivity index (χ0) is 21.6. The SMILES string of the molecule is C=C(CCC)CCNC(=O)c1cc(CCCN)cc(C(=O)NCCC(=O)OC)c1. The second-order valence-corrected chi connectivity index (χ2v) is 6.90. The van der Waals surface area contributed by atoms with Gasteiger partial charge in [-0.25, -0.2) is 0 Å². The third kappa shape index (κ3) is 9.38. The van der Waals surface area contributed by atoms with Crippen LogP contribution in [0.25, 0.3) is 0 Å². The van der Waals surface area contributed by atoms with E-state index in [1.54, 1.807) is 18.2 Å². The summed E-state index contributed by atoms with van der Waals surface area (Å²) in [5, 5.41) is 5.56. The molecule has 2 amide bonds. The Hall–Kier alpha value is -2.67. The zero-order valence-corrected chi connectivity index (χ0v) is 17.5. The van der Waals surface area contributed by atoms with E-state index in [0.717, 1.165) is 36.8 Å². The topological polar surface area (TPSA) is 111 Å². The van der Waals surface area contributed by atoms with E-state index >= 15 is 0 Å². The van der Waals surface area contributed by atoms with Gasteiger partial charge in [-0.15, -0.1) is 0 Å². The van der Waals surface area contributed by atoms with E-state index in [2.05, 4.69) is 28.9 Å². The first-order chi connectivity index (χ1) is 13.9. The molecule has 0 saturated heterocycles. The minimum Gasteiger partial charge on any atom is -0.469 e. The molecule has 0 bridgehead atoms. The molecule has 0 aliphatic heterocycles. The number of hydrogen-bond donors (Lipinski definition) is 3. The van der Waals surface area contributed by atoms with Crippen molar-refractivity contribution in [2.24, 2.45) is 5.73 Å². The van der Waals surface area contributed by atoms with Crippen molar-refractivity contribution < 1.29 is 19.1 Å². The Labute approximate surface area is 173 Å². The average molecular weight is 404 g/mol. The molecule has 0 atom stereocenters. The number of ether oxygens (including phenoxy) is 1. The number of hydrogen-bond acceptors (Lipinski definition) is 5. The maximum atomic E-state index is 12.6. The van der Waals surface area contributed by atoms with Gasteiger partial charge in [0.2, 0.25) is 0 Å². The highest BCUT2D eigenvalue weighted by Gasteiger charge is 2.13. The number of nitrogens with one attached hydrogen (secondary N) is 2. The molecule has 0 unspecified atom stereocenters. The predicted octanol–water partition coefficient (Wildman–Crippen LogP) is 2.35. The summed E-state index contributed by atoms with van der Waals surface area (Å²) in [6.45, 7) is 7.28. The van der Waals surface area contributed by atoms with Gasteiger partial charge in [0.25, 0.3) is 11.8 Å². The summed E-state index contributed by atoms with van der Waals surface area (Å²) in [5.74, 6) is -0.965. The van der Waals surface area contributed by atoms with Gasteiger partial charge in [-0.05, 0) is 56.0 Å². The van der Waals surface area contributed by atoms with Crippen molar-refractivity contribution >= 4 is 17.8 Å². The number of esters is 1. The van der Waals surface area contributed by atoms with E-state index in [9.17, 15) is 14.4 Å². The van der Waals surface area contributed by atoms with E-state index < -0.39 is 5.97 Å². The average Bonchev–Trinajstić information content (AvgIpc) is 2.71. The van der Waals surface area contributed by atoms with Crippen LogP contribution in [0.4, 0.5) is 0 Å². The molecule has 0 saturated carbocycles. The van der Waals surface area contributed by atoms with Crippen molar-refractivity contribution in [1.29, 1.82) is 0 Å². The summed E-state index contributed by atoms with van der Waals surface area (Å²) in [6, 6.07) is 5.11. The summed E-state index contributed by atoms with van der Waals surface area (Å²) < 4.78 is 4.56. The fourth-order valence-corrected chi connectivity index (χ4v) is 2.82. The number of amides is 2. The van der Waals surface area contributed by atoms with Gasteiger partial charge in [0.15, 0.2) is 0 Å². The molecule has 0 spiro atoms.